The normalized spacial score (nSPS) is 12.9. The molecule has 6 aromatic rings. The fraction of sp³-hybridized carbons (Fsp3) is 0.557. The third kappa shape index (κ3) is 20.9. The molecule has 0 radical (unpaired) electrons. The van der Waals surface area contributed by atoms with Gasteiger partial charge in [0.1, 0.15) is 34.5 Å². The SMILES string of the molecule is CCCCc1cc(C(C)CC(c2cc(CCCC)c(OC(=O)CCc3cc(C(C)(C)C)c(O)c(C(C)(C)C)c3)cc2C)c2cc(CCCC)c(OC(=O)CCc3cc(C(C)(C)C)c(O)c(C(C)(C)C)c3)cc2C)c(C)cc1OC(=O)CCc1cc(C(C)(C)C)c(O)c(C(C)(C)C)c1. The first-order chi connectivity index (χ1) is 44.9. The highest BCUT2D eigenvalue weighted by molar-refractivity contribution is 5.75. The van der Waals surface area contributed by atoms with Gasteiger partial charge in [-0.2, -0.15) is 0 Å². The average molecular weight is 1330 g/mol. The van der Waals surface area contributed by atoms with E-state index >= 15 is 0 Å². The molecule has 1 unspecified atom stereocenters. The molecule has 1 atom stereocenters. The number of carbonyl (C=O) groups is 3. The molecule has 97 heavy (non-hydrogen) atoms. The van der Waals surface area contributed by atoms with Crippen molar-refractivity contribution in [2.45, 2.75) is 320 Å². The number of unbranched alkanes of at least 4 members (excludes halogenated alkanes) is 3. The second kappa shape index (κ2) is 32.0. The van der Waals surface area contributed by atoms with Crippen molar-refractivity contribution < 1.29 is 43.9 Å². The maximum absolute atomic E-state index is 14.2. The Morgan fingerprint density at radius 3 is 0.804 bits per heavy atom. The Labute approximate surface area is 586 Å². The van der Waals surface area contributed by atoms with E-state index in [0.29, 0.717) is 60.2 Å². The molecule has 0 bridgehead atoms. The third-order valence-corrected chi connectivity index (χ3v) is 19.5. The van der Waals surface area contributed by atoms with Crippen LogP contribution in [0.2, 0.25) is 0 Å². The van der Waals surface area contributed by atoms with Crippen LogP contribution in [0.3, 0.4) is 0 Å². The van der Waals surface area contributed by atoms with Gasteiger partial charge in [0.2, 0.25) is 0 Å². The number of benzene rings is 6. The van der Waals surface area contributed by atoms with Crippen LogP contribution in [0.25, 0.3) is 0 Å². The van der Waals surface area contributed by atoms with Gasteiger partial charge in [-0.05, 0) is 242 Å². The summed E-state index contributed by atoms with van der Waals surface area (Å²) in [5, 5.41) is 34.4. The van der Waals surface area contributed by atoms with Crippen molar-refractivity contribution in [3.8, 4) is 34.5 Å². The Hall–Kier alpha value is -6.87. The van der Waals surface area contributed by atoms with E-state index < -0.39 is 0 Å². The van der Waals surface area contributed by atoms with Crippen molar-refractivity contribution in [1.29, 1.82) is 0 Å². The molecule has 0 aliphatic rings. The number of hydrogen-bond acceptors (Lipinski definition) is 9. The van der Waals surface area contributed by atoms with Crippen LogP contribution in [0.15, 0.2) is 72.8 Å². The van der Waals surface area contributed by atoms with Crippen molar-refractivity contribution in [3.63, 3.8) is 0 Å². The van der Waals surface area contributed by atoms with E-state index in [0.717, 1.165) is 152 Å². The number of aryl methyl sites for hydroxylation is 9. The zero-order chi connectivity index (χ0) is 72.7. The molecule has 9 nitrogen and oxygen atoms in total. The molecule has 0 fully saturated rings. The summed E-state index contributed by atoms with van der Waals surface area (Å²) in [6.45, 7) is 53.1. The van der Waals surface area contributed by atoms with E-state index in [2.05, 4.69) is 209 Å². The molecule has 0 saturated carbocycles. The molecule has 0 heterocycles. The Morgan fingerprint density at radius 1 is 0.351 bits per heavy atom. The van der Waals surface area contributed by atoms with Gasteiger partial charge in [0.25, 0.3) is 0 Å². The van der Waals surface area contributed by atoms with Gasteiger partial charge in [-0.1, -0.05) is 226 Å². The molecule has 9 heteroatoms. The van der Waals surface area contributed by atoms with Crippen LogP contribution < -0.4 is 14.2 Å². The van der Waals surface area contributed by atoms with Gasteiger partial charge >= 0.3 is 17.9 Å². The van der Waals surface area contributed by atoms with Crippen molar-refractivity contribution in [2.24, 2.45) is 0 Å². The maximum Gasteiger partial charge on any atom is 0.311 e. The summed E-state index contributed by atoms with van der Waals surface area (Å²) >= 11 is 0. The zero-order valence-corrected chi connectivity index (χ0v) is 64.7. The van der Waals surface area contributed by atoms with Gasteiger partial charge in [-0.3, -0.25) is 14.4 Å². The molecular weight excluding hydrogens is 1200 g/mol. The number of ether oxygens (including phenoxy) is 3. The van der Waals surface area contributed by atoms with E-state index in [-0.39, 0.29) is 81.5 Å². The predicted octanol–water partition coefficient (Wildman–Crippen LogP) is 22.5. The predicted molar refractivity (Wildman–Crippen MR) is 403 cm³/mol. The van der Waals surface area contributed by atoms with Crippen LogP contribution in [0.1, 0.15) is 329 Å². The second-order valence-electron chi connectivity index (χ2n) is 34.5. The highest BCUT2D eigenvalue weighted by Crippen LogP contribution is 2.47. The lowest BCUT2D eigenvalue weighted by Gasteiger charge is -2.29. The molecule has 0 saturated heterocycles. The fourth-order valence-corrected chi connectivity index (χ4v) is 13.6. The van der Waals surface area contributed by atoms with E-state index in [1.54, 1.807) is 0 Å². The standard InChI is InChI=1S/C88H124O9/c1-26-29-32-61-51-64(55(5)42-74(61)95-77(89)38-35-58-45-68(83(8,9)10)80(92)69(46-58)84(11,12)13)54(4)41-67(65-52-62(33-30-27-2)75(43-56(65)6)96-78(90)39-36-59-47-70(85(14,15)16)81(93)71(48-59)86(17,18)19)66-53-63(34-31-28-3)76(44-57(66)7)97-79(91)40-37-60-49-72(87(20,21)22)82(94)73(50-60)88(23,24)25/h42-54,67,92-94H,26-41H2,1-25H3. The number of esters is 3. The van der Waals surface area contributed by atoms with E-state index in [1.165, 1.54) is 5.56 Å². The van der Waals surface area contributed by atoms with Gasteiger partial charge < -0.3 is 29.5 Å². The molecule has 0 amide bonds. The number of rotatable bonds is 26. The molecule has 0 aliphatic carbocycles. The first-order valence-corrected chi connectivity index (χ1v) is 36.5. The van der Waals surface area contributed by atoms with E-state index in [9.17, 15) is 29.7 Å². The molecule has 6 rings (SSSR count). The number of phenolic OH excluding ortho intramolecular Hbond substituents is 3. The molecule has 530 valence electrons. The summed E-state index contributed by atoms with van der Waals surface area (Å²) < 4.78 is 19.3. The summed E-state index contributed by atoms with van der Waals surface area (Å²) in [7, 11) is 0. The molecular formula is C88H124O9. The van der Waals surface area contributed by atoms with Crippen LogP contribution >= 0.6 is 0 Å². The van der Waals surface area contributed by atoms with Gasteiger partial charge in [0.15, 0.2) is 0 Å². The van der Waals surface area contributed by atoms with Crippen molar-refractivity contribution in [3.05, 3.63) is 173 Å². The zero-order valence-electron chi connectivity index (χ0n) is 64.7. The summed E-state index contributed by atoms with van der Waals surface area (Å²) in [5.41, 5.74) is 15.9. The largest absolute Gasteiger partial charge is 0.507 e. The Bertz CT molecular complexity index is 3490. The molecule has 0 spiro atoms. The van der Waals surface area contributed by atoms with Gasteiger partial charge in [0.05, 0.1) is 0 Å². The number of aromatic hydroxyl groups is 3. The van der Waals surface area contributed by atoms with E-state index in [1.807, 2.05) is 36.4 Å². The van der Waals surface area contributed by atoms with Gasteiger partial charge in [0, 0.05) is 25.2 Å². The lowest BCUT2D eigenvalue weighted by atomic mass is 9.76. The molecule has 0 aliphatic heterocycles. The fourth-order valence-electron chi connectivity index (χ4n) is 13.6. The molecule has 6 aromatic carbocycles. The van der Waals surface area contributed by atoms with Crippen LogP contribution in [0.5, 0.6) is 34.5 Å². The minimum absolute atomic E-state index is 0.0145. The average Bonchev–Trinajstić information content (AvgIpc) is 0.801. The van der Waals surface area contributed by atoms with Gasteiger partial charge in [-0.25, -0.2) is 0 Å². The van der Waals surface area contributed by atoms with Crippen LogP contribution in [-0.4, -0.2) is 33.2 Å². The Morgan fingerprint density at radius 2 is 0.577 bits per heavy atom. The summed E-state index contributed by atoms with van der Waals surface area (Å²) in [6, 6.07) is 25.4. The number of carbonyl (C=O) groups excluding carboxylic acids is 3. The topological polar surface area (TPSA) is 140 Å². The highest BCUT2D eigenvalue weighted by atomic mass is 16.5. The lowest BCUT2D eigenvalue weighted by Crippen LogP contribution is -2.18. The summed E-state index contributed by atoms with van der Waals surface area (Å²) in [4.78, 5) is 42.5. The van der Waals surface area contributed by atoms with Crippen molar-refractivity contribution in [1.82, 2.24) is 0 Å². The monoisotopic (exact) mass is 1320 g/mol. The van der Waals surface area contributed by atoms with Crippen LogP contribution in [0, 0.1) is 20.8 Å². The minimum atomic E-state index is -0.308. The lowest BCUT2D eigenvalue weighted by molar-refractivity contribution is -0.135. The quantitative estimate of drug-likeness (QED) is 0.0358. The minimum Gasteiger partial charge on any atom is -0.507 e. The highest BCUT2D eigenvalue weighted by Gasteiger charge is 2.32. The Balaban J connectivity index is 1.42. The molecule has 3 N–H and O–H groups in total. The first kappa shape index (κ1) is 79.1. The van der Waals surface area contributed by atoms with Crippen LogP contribution in [-0.2, 0) is 85.4 Å². The van der Waals surface area contributed by atoms with Gasteiger partial charge in [-0.15, -0.1) is 0 Å². The van der Waals surface area contributed by atoms with Crippen LogP contribution in [0.4, 0.5) is 0 Å². The second-order valence-corrected chi connectivity index (χ2v) is 34.5. The van der Waals surface area contributed by atoms with Crippen molar-refractivity contribution in [2.75, 3.05) is 0 Å². The van der Waals surface area contributed by atoms with E-state index in [4.69, 9.17) is 14.2 Å². The maximum atomic E-state index is 14.2. The Kier molecular flexibility index (Phi) is 26.1. The van der Waals surface area contributed by atoms with Crippen molar-refractivity contribution >= 4 is 17.9 Å². The first-order valence-electron chi connectivity index (χ1n) is 36.5. The number of phenols is 3. The summed E-state index contributed by atoms with van der Waals surface area (Å²) in [6.07, 6.45) is 10.5. The molecule has 0 aromatic heterocycles. The smallest absolute Gasteiger partial charge is 0.311 e. The third-order valence-electron chi connectivity index (χ3n) is 19.5. The number of hydrogen-bond donors (Lipinski definition) is 3. The summed E-state index contributed by atoms with van der Waals surface area (Å²) in [5.74, 6) is 1.67.